The van der Waals surface area contributed by atoms with Crippen LogP contribution in [0, 0.1) is 0 Å². The van der Waals surface area contributed by atoms with E-state index in [4.69, 9.17) is 0 Å². The van der Waals surface area contributed by atoms with Crippen molar-refractivity contribution in [1.29, 1.82) is 0 Å². The third-order valence-corrected chi connectivity index (χ3v) is 4.02. The Morgan fingerprint density at radius 2 is 1.95 bits per heavy atom. The summed E-state index contributed by atoms with van der Waals surface area (Å²) in [6.45, 7) is 1.00. The number of pyridine rings is 1. The monoisotopic (exact) mass is 258 g/mol. The van der Waals surface area contributed by atoms with Crippen molar-refractivity contribution in [2.24, 2.45) is 0 Å². The molecule has 2 heterocycles. The topological polar surface area (TPSA) is 42.2 Å². The first-order valence-corrected chi connectivity index (χ1v) is 7.45. The first-order valence-electron chi connectivity index (χ1n) is 7.45. The molecule has 0 unspecified atom stereocenters. The van der Waals surface area contributed by atoms with E-state index in [2.05, 4.69) is 19.9 Å². The van der Waals surface area contributed by atoms with Gasteiger partial charge in [0.2, 0.25) is 0 Å². The molecular weight excluding hydrogens is 236 g/mol. The molecule has 4 nitrogen and oxygen atoms in total. The van der Waals surface area contributed by atoms with Crippen molar-refractivity contribution in [3.8, 4) is 0 Å². The smallest absolute Gasteiger partial charge is 0.160 e. The molecule has 0 amide bonds. The Hall–Kier alpha value is -1.42. The molecule has 19 heavy (non-hydrogen) atoms. The average molecular weight is 258 g/mol. The number of nitrogens with zero attached hydrogens (tertiary/aromatic N) is 3. The minimum Gasteiger partial charge on any atom is -0.314 e. The van der Waals surface area contributed by atoms with Crippen LogP contribution in [-0.4, -0.2) is 27.2 Å². The Morgan fingerprint density at radius 1 is 1.11 bits per heavy atom. The van der Waals surface area contributed by atoms with Crippen molar-refractivity contribution in [2.45, 2.75) is 51.0 Å². The number of fused-ring (bicyclic) bond motifs is 1. The quantitative estimate of drug-likeness (QED) is 0.857. The van der Waals surface area contributed by atoms with Gasteiger partial charge in [-0.25, -0.2) is 0 Å². The molecule has 0 atom stereocenters. The molecule has 1 fully saturated rings. The molecule has 1 aliphatic rings. The summed E-state index contributed by atoms with van der Waals surface area (Å²) in [4.78, 5) is 0. The van der Waals surface area contributed by atoms with E-state index >= 15 is 0 Å². The lowest BCUT2D eigenvalue weighted by atomic mass is 10.1. The molecule has 3 rings (SSSR count). The van der Waals surface area contributed by atoms with E-state index in [1.54, 1.807) is 0 Å². The number of hydrogen-bond donors (Lipinski definition) is 1. The lowest BCUT2D eigenvalue weighted by molar-refractivity contribution is 0.460. The fourth-order valence-electron chi connectivity index (χ4n) is 2.93. The van der Waals surface area contributed by atoms with E-state index in [-0.39, 0.29) is 0 Å². The number of rotatable bonds is 4. The number of aromatic nitrogens is 3. The second-order valence-electron chi connectivity index (χ2n) is 5.44. The van der Waals surface area contributed by atoms with Crippen LogP contribution >= 0.6 is 0 Å². The molecule has 2 aromatic heterocycles. The van der Waals surface area contributed by atoms with Crippen molar-refractivity contribution in [1.82, 2.24) is 19.9 Å². The molecule has 0 bridgehead atoms. The van der Waals surface area contributed by atoms with Crippen molar-refractivity contribution < 1.29 is 0 Å². The molecule has 0 saturated heterocycles. The minimum absolute atomic E-state index is 0.710. The summed E-state index contributed by atoms with van der Waals surface area (Å²) in [5.74, 6) is 1.05. The van der Waals surface area contributed by atoms with E-state index in [0.29, 0.717) is 6.04 Å². The van der Waals surface area contributed by atoms with Gasteiger partial charge in [-0.3, -0.25) is 4.40 Å². The predicted octanol–water partition coefficient (Wildman–Crippen LogP) is 2.58. The number of nitrogens with one attached hydrogen (secondary N) is 1. The SMILES string of the molecule is c1ccn2c(CCNC3CCCCCC3)nnc2c1. The summed E-state index contributed by atoms with van der Waals surface area (Å²) < 4.78 is 2.08. The third-order valence-electron chi connectivity index (χ3n) is 4.02. The van der Waals surface area contributed by atoms with Crippen molar-refractivity contribution in [2.75, 3.05) is 6.54 Å². The van der Waals surface area contributed by atoms with E-state index in [0.717, 1.165) is 24.4 Å². The molecule has 1 aliphatic carbocycles. The highest BCUT2D eigenvalue weighted by Crippen LogP contribution is 2.17. The molecule has 102 valence electrons. The number of hydrogen-bond acceptors (Lipinski definition) is 3. The average Bonchev–Trinajstić information content (AvgIpc) is 2.68. The van der Waals surface area contributed by atoms with Gasteiger partial charge < -0.3 is 5.32 Å². The van der Waals surface area contributed by atoms with Gasteiger partial charge in [-0.15, -0.1) is 10.2 Å². The highest BCUT2D eigenvalue weighted by molar-refractivity contribution is 5.36. The Labute approximate surface area is 114 Å². The zero-order valence-corrected chi connectivity index (χ0v) is 11.4. The molecular formula is C15H22N4. The maximum Gasteiger partial charge on any atom is 0.160 e. The summed E-state index contributed by atoms with van der Waals surface area (Å²) in [6, 6.07) is 6.73. The van der Waals surface area contributed by atoms with Crippen LogP contribution in [0.15, 0.2) is 24.4 Å². The lowest BCUT2D eigenvalue weighted by Gasteiger charge is -2.15. The van der Waals surface area contributed by atoms with Gasteiger partial charge >= 0.3 is 0 Å². The molecule has 4 heteroatoms. The fourth-order valence-corrected chi connectivity index (χ4v) is 2.93. The Morgan fingerprint density at radius 3 is 2.79 bits per heavy atom. The lowest BCUT2D eigenvalue weighted by Crippen LogP contribution is -2.30. The molecule has 1 N–H and O–H groups in total. The Kier molecular flexibility index (Phi) is 4.08. The van der Waals surface area contributed by atoms with Crippen molar-refractivity contribution in [3.63, 3.8) is 0 Å². The van der Waals surface area contributed by atoms with Crippen LogP contribution in [0.5, 0.6) is 0 Å². The molecule has 0 spiro atoms. The summed E-state index contributed by atoms with van der Waals surface area (Å²) in [7, 11) is 0. The fraction of sp³-hybridized carbons (Fsp3) is 0.600. The molecule has 2 aromatic rings. The second kappa shape index (κ2) is 6.15. The van der Waals surface area contributed by atoms with Crippen LogP contribution in [0.25, 0.3) is 5.65 Å². The summed E-state index contributed by atoms with van der Waals surface area (Å²) in [6.07, 6.45) is 11.2. The zero-order valence-electron chi connectivity index (χ0n) is 11.4. The first-order chi connectivity index (χ1) is 9.43. The van der Waals surface area contributed by atoms with Gasteiger partial charge in [0.05, 0.1) is 0 Å². The standard InChI is InChI=1S/C15H22N4/c1-2-4-8-13(7-3-1)16-11-10-15-18-17-14-9-5-6-12-19(14)15/h5-6,9,12-13,16H,1-4,7-8,10-11H2. The maximum atomic E-state index is 4.27. The first kappa shape index (κ1) is 12.6. The second-order valence-corrected chi connectivity index (χ2v) is 5.44. The Bertz CT molecular complexity index is 512. The van der Waals surface area contributed by atoms with Gasteiger partial charge in [-0.1, -0.05) is 31.7 Å². The summed E-state index contributed by atoms with van der Waals surface area (Å²) in [5.41, 5.74) is 0.937. The van der Waals surface area contributed by atoms with Crippen LogP contribution < -0.4 is 5.32 Å². The molecule has 0 aromatic carbocycles. The van der Waals surface area contributed by atoms with Gasteiger partial charge in [0.15, 0.2) is 5.65 Å². The minimum atomic E-state index is 0.710. The van der Waals surface area contributed by atoms with Crippen LogP contribution in [0.1, 0.15) is 44.3 Å². The predicted molar refractivity (Wildman–Crippen MR) is 76.2 cm³/mol. The summed E-state index contributed by atoms with van der Waals surface area (Å²) >= 11 is 0. The van der Waals surface area contributed by atoms with Gasteiger partial charge in [0, 0.05) is 25.2 Å². The third kappa shape index (κ3) is 3.13. The van der Waals surface area contributed by atoms with Gasteiger partial charge in [0.1, 0.15) is 5.82 Å². The van der Waals surface area contributed by atoms with Crippen LogP contribution in [0.3, 0.4) is 0 Å². The molecule has 0 radical (unpaired) electrons. The van der Waals surface area contributed by atoms with Crippen molar-refractivity contribution >= 4 is 5.65 Å². The van der Waals surface area contributed by atoms with E-state index in [9.17, 15) is 0 Å². The molecule has 0 aliphatic heterocycles. The maximum absolute atomic E-state index is 4.27. The van der Waals surface area contributed by atoms with Crippen molar-refractivity contribution in [3.05, 3.63) is 30.2 Å². The molecule has 1 saturated carbocycles. The van der Waals surface area contributed by atoms with Crippen LogP contribution in [0.4, 0.5) is 0 Å². The van der Waals surface area contributed by atoms with E-state index < -0.39 is 0 Å². The highest BCUT2D eigenvalue weighted by atomic mass is 15.2. The normalized spacial score (nSPS) is 17.7. The van der Waals surface area contributed by atoms with Gasteiger partial charge in [-0.05, 0) is 25.0 Å². The largest absolute Gasteiger partial charge is 0.314 e. The van der Waals surface area contributed by atoms with Crippen LogP contribution in [0.2, 0.25) is 0 Å². The zero-order chi connectivity index (χ0) is 12.9. The van der Waals surface area contributed by atoms with E-state index in [1.807, 2.05) is 24.4 Å². The summed E-state index contributed by atoms with van der Waals surface area (Å²) in [5, 5.41) is 12.1. The van der Waals surface area contributed by atoms with Crippen LogP contribution in [-0.2, 0) is 6.42 Å². The van der Waals surface area contributed by atoms with E-state index in [1.165, 1.54) is 38.5 Å². The van der Waals surface area contributed by atoms with Gasteiger partial charge in [-0.2, -0.15) is 0 Å². The van der Waals surface area contributed by atoms with Gasteiger partial charge in [0.25, 0.3) is 0 Å². The Balaban J connectivity index is 1.54. The highest BCUT2D eigenvalue weighted by Gasteiger charge is 2.11.